The van der Waals surface area contributed by atoms with Crippen molar-refractivity contribution in [2.45, 2.75) is 77.4 Å². The molecule has 1 aliphatic rings. The maximum absolute atomic E-state index is 12.0. The molecular weight excluding hydrogens is 411 g/mol. The van der Waals surface area contributed by atoms with Crippen molar-refractivity contribution in [1.82, 2.24) is 0 Å². The predicted octanol–water partition coefficient (Wildman–Crippen LogP) is 6.44. The average Bonchev–Trinajstić information content (AvgIpc) is 3.30. The number of allylic oxidation sites excluding steroid dienone is 8. The van der Waals surface area contributed by atoms with Gasteiger partial charge < -0.3 is 14.0 Å². The minimum Gasteiger partial charge on any atom is -0.435 e. The molecule has 1 aliphatic heterocycles. The van der Waals surface area contributed by atoms with Gasteiger partial charge in [0.25, 0.3) is 0 Å². The van der Waals surface area contributed by atoms with E-state index in [0.717, 1.165) is 37.6 Å². The molecule has 1 heterocycles. The normalized spacial score (nSPS) is 16.8. The third kappa shape index (κ3) is 13.1. The molecule has 1 aromatic rings. The summed E-state index contributed by atoms with van der Waals surface area (Å²) in [5, 5.41) is 0. The zero-order valence-electron chi connectivity index (χ0n) is 20.1. The number of unbranched alkanes of at least 4 members (excludes halogenated alkanes) is 4. The standard InChI is InChI=1S/C28H39BO4/c1-2-3-4-5-6-7-8-9-10-11-12-13-14-15-16-17-21-24-27(30)32-28-25-31-29(33-28)26-22-19-18-20-23-26/h6-7,9-10,12-13,15-16,18-20,22-23,28H,2-5,8,11,14,17,21,24-25H2,1H3/b7-6-,10-9-,13-12-,16-15-. The van der Waals surface area contributed by atoms with Crippen LogP contribution < -0.4 is 5.46 Å². The quantitative estimate of drug-likeness (QED) is 0.126. The van der Waals surface area contributed by atoms with Crippen LogP contribution in [0.4, 0.5) is 0 Å². The number of esters is 1. The van der Waals surface area contributed by atoms with E-state index in [1.165, 1.54) is 25.7 Å². The number of benzene rings is 1. The van der Waals surface area contributed by atoms with Crippen LogP contribution in [-0.4, -0.2) is 26.0 Å². The van der Waals surface area contributed by atoms with Gasteiger partial charge in [-0.15, -0.1) is 0 Å². The smallest absolute Gasteiger partial charge is 0.435 e. The fraction of sp³-hybridized carbons (Fsp3) is 0.464. The van der Waals surface area contributed by atoms with E-state index in [9.17, 15) is 4.79 Å². The van der Waals surface area contributed by atoms with Gasteiger partial charge in [0.2, 0.25) is 6.29 Å². The summed E-state index contributed by atoms with van der Waals surface area (Å²) in [7, 11) is -0.465. The van der Waals surface area contributed by atoms with Crippen molar-refractivity contribution in [2.75, 3.05) is 6.61 Å². The van der Waals surface area contributed by atoms with Crippen LogP contribution in [0.2, 0.25) is 0 Å². The highest BCUT2D eigenvalue weighted by Gasteiger charge is 2.34. The van der Waals surface area contributed by atoms with Crippen molar-refractivity contribution >= 4 is 18.6 Å². The van der Waals surface area contributed by atoms with Gasteiger partial charge in [-0.2, -0.15) is 0 Å². The van der Waals surface area contributed by atoms with Gasteiger partial charge in [0.05, 0.1) is 6.61 Å². The number of carbonyl (C=O) groups excluding carboxylic acids is 1. The average molecular weight is 450 g/mol. The van der Waals surface area contributed by atoms with Crippen LogP contribution in [0, 0.1) is 0 Å². The molecule has 0 amide bonds. The second kappa shape index (κ2) is 18.1. The minimum atomic E-state index is -0.626. The van der Waals surface area contributed by atoms with Crippen LogP contribution in [0.25, 0.3) is 0 Å². The van der Waals surface area contributed by atoms with Gasteiger partial charge in [0.1, 0.15) is 0 Å². The van der Waals surface area contributed by atoms with Crippen LogP contribution in [0.1, 0.15) is 71.1 Å². The third-order valence-electron chi connectivity index (χ3n) is 5.20. The molecule has 4 nitrogen and oxygen atoms in total. The molecule has 0 aromatic heterocycles. The summed E-state index contributed by atoms with van der Waals surface area (Å²) in [4.78, 5) is 12.0. The van der Waals surface area contributed by atoms with Crippen LogP contribution >= 0.6 is 0 Å². The molecule has 33 heavy (non-hydrogen) atoms. The fourth-order valence-electron chi connectivity index (χ4n) is 3.36. The van der Waals surface area contributed by atoms with Crippen LogP contribution in [-0.2, 0) is 18.8 Å². The molecule has 1 fully saturated rings. The Morgan fingerprint density at radius 1 is 0.909 bits per heavy atom. The molecule has 0 aliphatic carbocycles. The van der Waals surface area contributed by atoms with Crippen molar-refractivity contribution in [3.05, 3.63) is 78.9 Å². The van der Waals surface area contributed by atoms with Crippen LogP contribution in [0.5, 0.6) is 0 Å². The number of hydrogen-bond acceptors (Lipinski definition) is 4. The first kappa shape index (κ1) is 26.9. The molecule has 0 spiro atoms. The Kier molecular flexibility index (Phi) is 14.7. The third-order valence-corrected chi connectivity index (χ3v) is 5.20. The molecule has 0 saturated carbocycles. The Hall–Kier alpha value is -2.37. The zero-order chi connectivity index (χ0) is 23.4. The van der Waals surface area contributed by atoms with E-state index in [1.54, 1.807) is 0 Å². The van der Waals surface area contributed by atoms with Gasteiger partial charge in [-0.25, -0.2) is 0 Å². The first-order valence-corrected chi connectivity index (χ1v) is 12.4. The Morgan fingerprint density at radius 3 is 2.15 bits per heavy atom. The monoisotopic (exact) mass is 450 g/mol. The topological polar surface area (TPSA) is 44.8 Å². The van der Waals surface area contributed by atoms with Crippen LogP contribution in [0.3, 0.4) is 0 Å². The molecule has 1 aromatic carbocycles. The van der Waals surface area contributed by atoms with Crippen molar-refractivity contribution in [2.24, 2.45) is 0 Å². The largest absolute Gasteiger partial charge is 0.496 e. The summed E-state index contributed by atoms with van der Waals surface area (Å²) in [5.74, 6) is -0.242. The number of hydrogen-bond donors (Lipinski definition) is 0. The second-order valence-corrected chi connectivity index (χ2v) is 8.11. The molecule has 2 rings (SSSR count). The summed E-state index contributed by atoms with van der Waals surface area (Å²) in [6, 6.07) is 9.66. The van der Waals surface area contributed by atoms with Gasteiger partial charge in [-0.1, -0.05) is 98.7 Å². The Morgan fingerprint density at radius 2 is 1.52 bits per heavy atom. The number of carbonyl (C=O) groups is 1. The number of rotatable bonds is 16. The molecule has 1 atom stereocenters. The lowest BCUT2D eigenvalue weighted by atomic mass is 9.80. The molecule has 1 unspecified atom stereocenters. The zero-order valence-corrected chi connectivity index (χ0v) is 20.1. The Labute approximate surface area is 200 Å². The van der Waals surface area contributed by atoms with E-state index in [2.05, 4.69) is 55.5 Å². The van der Waals surface area contributed by atoms with Crippen molar-refractivity contribution in [3.8, 4) is 0 Å². The van der Waals surface area contributed by atoms with Gasteiger partial charge in [0.15, 0.2) is 0 Å². The van der Waals surface area contributed by atoms with Crippen molar-refractivity contribution < 1.29 is 18.8 Å². The highest BCUT2D eigenvalue weighted by molar-refractivity contribution is 6.61. The number of ether oxygens (including phenoxy) is 1. The highest BCUT2D eigenvalue weighted by Crippen LogP contribution is 2.12. The molecule has 5 heteroatoms. The lowest BCUT2D eigenvalue weighted by Crippen LogP contribution is -2.32. The molecule has 0 radical (unpaired) electrons. The van der Waals surface area contributed by atoms with E-state index in [1.807, 2.05) is 30.3 Å². The molecule has 1 saturated heterocycles. The SMILES string of the molecule is CCCCC/C=C\C/C=C\C/C=C\C/C=C\CCCC(=O)OC1COB(c2ccccc2)O1. The lowest BCUT2D eigenvalue weighted by Gasteiger charge is -2.11. The molecular formula is C28H39BO4. The van der Waals surface area contributed by atoms with Gasteiger partial charge >= 0.3 is 13.1 Å². The maximum Gasteiger partial charge on any atom is 0.496 e. The van der Waals surface area contributed by atoms with E-state index < -0.39 is 13.4 Å². The predicted molar refractivity (Wildman–Crippen MR) is 137 cm³/mol. The molecule has 178 valence electrons. The second-order valence-electron chi connectivity index (χ2n) is 8.11. The van der Waals surface area contributed by atoms with Gasteiger partial charge in [-0.3, -0.25) is 4.79 Å². The lowest BCUT2D eigenvalue weighted by molar-refractivity contribution is -0.161. The van der Waals surface area contributed by atoms with Crippen molar-refractivity contribution in [3.63, 3.8) is 0 Å². The maximum atomic E-state index is 12.0. The van der Waals surface area contributed by atoms with E-state index in [0.29, 0.717) is 6.42 Å². The minimum absolute atomic E-state index is 0.242. The van der Waals surface area contributed by atoms with Crippen LogP contribution in [0.15, 0.2) is 78.9 Å². The first-order valence-electron chi connectivity index (χ1n) is 12.4. The van der Waals surface area contributed by atoms with Gasteiger partial charge in [-0.05, 0) is 50.4 Å². The summed E-state index contributed by atoms with van der Waals surface area (Å²) in [5.41, 5.74) is 0.927. The van der Waals surface area contributed by atoms with E-state index in [4.69, 9.17) is 14.0 Å². The van der Waals surface area contributed by atoms with E-state index in [-0.39, 0.29) is 12.6 Å². The Balaban J connectivity index is 1.43. The fourth-order valence-corrected chi connectivity index (χ4v) is 3.36. The van der Waals surface area contributed by atoms with Crippen molar-refractivity contribution in [1.29, 1.82) is 0 Å². The van der Waals surface area contributed by atoms with Gasteiger partial charge in [0, 0.05) is 6.42 Å². The molecule has 0 bridgehead atoms. The molecule has 0 N–H and O–H groups in total. The van der Waals surface area contributed by atoms with E-state index >= 15 is 0 Å². The Bertz CT molecular complexity index is 754. The summed E-state index contributed by atoms with van der Waals surface area (Å²) in [6.45, 7) is 2.50. The summed E-state index contributed by atoms with van der Waals surface area (Å²) in [6.07, 6.45) is 27.0. The summed E-state index contributed by atoms with van der Waals surface area (Å²) < 4.78 is 16.6. The highest BCUT2D eigenvalue weighted by atomic mass is 16.8. The summed E-state index contributed by atoms with van der Waals surface area (Å²) >= 11 is 0. The first-order chi connectivity index (χ1) is 16.3.